The SMILES string of the molecule is Cc1cc(C(=O)N2CCN(C)CC2)ccc1C#CCN. The molecule has 1 aliphatic rings. The Labute approximate surface area is 120 Å². The zero-order valence-electron chi connectivity index (χ0n) is 12.1. The molecule has 1 fully saturated rings. The number of benzene rings is 1. The highest BCUT2D eigenvalue weighted by molar-refractivity contribution is 5.94. The molecule has 0 atom stereocenters. The minimum absolute atomic E-state index is 0.111. The van der Waals surface area contributed by atoms with Gasteiger partial charge in [-0.05, 0) is 37.7 Å². The lowest BCUT2D eigenvalue weighted by molar-refractivity contribution is 0.0664. The number of hydrogen-bond donors (Lipinski definition) is 1. The summed E-state index contributed by atoms with van der Waals surface area (Å²) >= 11 is 0. The standard InChI is InChI=1S/C16H21N3O/c1-13-12-15(6-5-14(13)4-3-7-17)16(20)19-10-8-18(2)9-11-19/h5-6,12H,7-11,17H2,1-2H3. The number of hydrogen-bond acceptors (Lipinski definition) is 3. The number of carbonyl (C=O) groups is 1. The summed E-state index contributed by atoms with van der Waals surface area (Å²) in [6, 6.07) is 5.68. The fourth-order valence-corrected chi connectivity index (χ4v) is 2.28. The second kappa shape index (κ2) is 6.56. The highest BCUT2D eigenvalue weighted by Crippen LogP contribution is 2.13. The summed E-state index contributed by atoms with van der Waals surface area (Å²) in [7, 11) is 2.08. The van der Waals surface area contributed by atoms with E-state index in [1.807, 2.05) is 30.0 Å². The Bertz CT molecular complexity index is 549. The summed E-state index contributed by atoms with van der Waals surface area (Å²) in [5, 5.41) is 0. The zero-order valence-corrected chi connectivity index (χ0v) is 12.1. The average Bonchev–Trinajstić information content (AvgIpc) is 2.46. The predicted molar refractivity (Wildman–Crippen MR) is 80.5 cm³/mol. The smallest absolute Gasteiger partial charge is 0.253 e. The lowest BCUT2D eigenvalue weighted by atomic mass is 10.0. The molecule has 20 heavy (non-hydrogen) atoms. The number of nitrogens with two attached hydrogens (primary N) is 1. The normalized spacial score (nSPS) is 15.7. The molecule has 1 aromatic carbocycles. The second-order valence-electron chi connectivity index (χ2n) is 5.13. The van der Waals surface area contributed by atoms with Crippen molar-refractivity contribution in [2.45, 2.75) is 6.92 Å². The van der Waals surface area contributed by atoms with Crippen molar-refractivity contribution >= 4 is 5.91 Å². The first kappa shape index (κ1) is 14.6. The van der Waals surface area contributed by atoms with Gasteiger partial charge in [-0.3, -0.25) is 4.79 Å². The Balaban J connectivity index is 2.13. The van der Waals surface area contributed by atoms with E-state index in [2.05, 4.69) is 23.8 Å². The van der Waals surface area contributed by atoms with Crippen molar-refractivity contribution in [3.63, 3.8) is 0 Å². The average molecular weight is 271 g/mol. The molecule has 1 aromatic rings. The highest BCUT2D eigenvalue weighted by Gasteiger charge is 2.20. The van der Waals surface area contributed by atoms with Gasteiger partial charge in [0, 0.05) is 37.3 Å². The van der Waals surface area contributed by atoms with E-state index in [4.69, 9.17) is 5.73 Å². The quantitative estimate of drug-likeness (QED) is 0.765. The maximum Gasteiger partial charge on any atom is 0.253 e. The molecule has 0 aromatic heterocycles. The van der Waals surface area contributed by atoms with Crippen LogP contribution in [0.1, 0.15) is 21.5 Å². The third-order valence-corrected chi connectivity index (χ3v) is 3.59. The molecule has 1 aliphatic heterocycles. The predicted octanol–water partition coefficient (Wildman–Crippen LogP) is 0.693. The van der Waals surface area contributed by atoms with Crippen LogP contribution in [0.15, 0.2) is 18.2 Å². The van der Waals surface area contributed by atoms with Crippen LogP contribution in [0, 0.1) is 18.8 Å². The molecule has 0 aliphatic carbocycles. The first-order valence-electron chi connectivity index (χ1n) is 6.89. The summed E-state index contributed by atoms with van der Waals surface area (Å²) in [6.45, 7) is 5.78. The van der Waals surface area contributed by atoms with Crippen LogP contribution in [0.4, 0.5) is 0 Å². The fourth-order valence-electron chi connectivity index (χ4n) is 2.28. The topological polar surface area (TPSA) is 49.6 Å². The first-order chi connectivity index (χ1) is 9.61. The van der Waals surface area contributed by atoms with Crippen molar-refractivity contribution in [1.29, 1.82) is 0 Å². The number of piperazine rings is 1. The van der Waals surface area contributed by atoms with Gasteiger partial charge >= 0.3 is 0 Å². The van der Waals surface area contributed by atoms with Crippen LogP contribution >= 0.6 is 0 Å². The first-order valence-corrected chi connectivity index (χ1v) is 6.89. The number of aryl methyl sites for hydroxylation is 1. The molecule has 1 amide bonds. The van der Waals surface area contributed by atoms with E-state index in [9.17, 15) is 4.79 Å². The largest absolute Gasteiger partial charge is 0.336 e. The summed E-state index contributed by atoms with van der Waals surface area (Å²) in [6.07, 6.45) is 0. The molecule has 4 heteroatoms. The molecule has 1 saturated heterocycles. The summed E-state index contributed by atoms with van der Waals surface area (Å²) < 4.78 is 0. The molecule has 0 spiro atoms. The monoisotopic (exact) mass is 271 g/mol. The second-order valence-corrected chi connectivity index (χ2v) is 5.13. The molecule has 2 rings (SSSR count). The maximum atomic E-state index is 12.4. The molecule has 1 heterocycles. The van der Waals surface area contributed by atoms with Gasteiger partial charge in [-0.25, -0.2) is 0 Å². The Kier molecular flexibility index (Phi) is 4.78. The van der Waals surface area contributed by atoms with Crippen LogP contribution in [-0.2, 0) is 0 Å². The molecular weight excluding hydrogens is 250 g/mol. The van der Waals surface area contributed by atoms with E-state index in [1.165, 1.54) is 0 Å². The van der Waals surface area contributed by atoms with Crippen LogP contribution in [0.25, 0.3) is 0 Å². The molecule has 106 valence electrons. The van der Waals surface area contributed by atoms with E-state index in [1.54, 1.807) is 0 Å². The number of amides is 1. The lowest BCUT2D eigenvalue weighted by Crippen LogP contribution is -2.47. The van der Waals surface area contributed by atoms with E-state index >= 15 is 0 Å². The number of rotatable bonds is 1. The van der Waals surface area contributed by atoms with Crippen molar-refractivity contribution in [1.82, 2.24) is 9.80 Å². The summed E-state index contributed by atoms with van der Waals surface area (Å²) in [5.41, 5.74) is 8.07. The van der Waals surface area contributed by atoms with Gasteiger partial charge in [-0.2, -0.15) is 0 Å². The Morgan fingerprint density at radius 2 is 2.00 bits per heavy atom. The van der Waals surface area contributed by atoms with Gasteiger partial charge in [0.05, 0.1) is 6.54 Å². The van der Waals surface area contributed by atoms with E-state index < -0.39 is 0 Å². The van der Waals surface area contributed by atoms with Gasteiger partial charge in [0.2, 0.25) is 0 Å². The van der Waals surface area contributed by atoms with Gasteiger partial charge in [-0.1, -0.05) is 11.8 Å². The van der Waals surface area contributed by atoms with Crippen LogP contribution in [-0.4, -0.2) is 55.5 Å². The Hall–Kier alpha value is -1.83. The van der Waals surface area contributed by atoms with Gasteiger partial charge in [-0.15, -0.1) is 0 Å². The molecule has 0 radical (unpaired) electrons. The maximum absolute atomic E-state index is 12.4. The van der Waals surface area contributed by atoms with Crippen molar-refractivity contribution in [3.05, 3.63) is 34.9 Å². The van der Waals surface area contributed by atoms with E-state index in [-0.39, 0.29) is 5.91 Å². The lowest BCUT2D eigenvalue weighted by Gasteiger charge is -2.32. The molecular formula is C16H21N3O. The Morgan fingerprint density at radius 1 is 1.30 bits per heavy atom. The molecule has 0 unspecified atom stereocenters. The molecule has 0 bridgehead atoms. The van der Waals surface area contributed by atoms with Gasteiger partial charge < -0.3 is 15.5 Å². The van der Waals surface area contributed by atoms with E-state index in [0.717, 1.165) is 42.9 Å². The van der Waals surface area contributed by atoms with Crippen molar-refractivity contribution in [2.75, 3.05) is 39.8 Å². The molecule has 4 nitrogen and oxygen atoms in total. The van der Waals surface area contributed by atoms with Crippen molar-refractivity contribution in [2.24, 2.45) is 5.73 Å². The van der Waals surface area contributed by atoms with Crippen molar-refractivity contribution in [3.8, 4) is 11.8 Å². The molecule has 0 saturated carbocycles. The van der Waals surface area contributed by atoms with Gasteiger partial charge in [0.15, 0.2) is 0 Å². The number of carbonyl (C=O) groups excluding carboxylic acids is 1. The van der Waals surface area contributed by atoms with Crippen LogP contribution < -0.4 is 5.73 Å². The van der Waals surface area contributed by atoms with Crippen molar-refractivity contribution < 1.29 is 4.79 Å². The minimum atomic E-state index is 0.111. The third-order valence-electron chi connectivity index (χ3n) is 3.59. The molecule has 2 N–H and O–H groups in total. The van der Waals surface area contributed by atoms with Gasteiger partial charge in [0.25, 0.3) is 5.91 Å². The third kappa shape index (κ3) is 3.38. The Morgan fingerprint density at radius 3 is 2.60 bits per heavy atom. The van der Waals surface area contributed by atoms with Gasteiger partial charge in [0.1, 0.15) is 0 Å². The highest BCUT2D eigenvalue weighted by atomic mass is 16.2. The minimum Gasteiger partial charge on any atom is -0.336 e. The van der Waals surface area contributed by atoms with Crippen LogP contribution in [0.2, 0.25) is 0 Å². The van der Waals surface area contributed by atoms with Crippen LogP contribution in [0.3, 0.4) is 0 Å². The fraction of sp³-hybridized carbons (Fsp3) is 0.438. The zero-order chi connectivity index (χ0) is 14.5. The summed E-state index contributed by atoms with van der Waals surface area (Å²) in [4.78, 5) is 16.6. The number of likely N-dealkylation sites (N-methyl/N-ethyl adjacent to an activating group) is 1. The number of nitrogens with zero attached hydrogens (tertiary/aromatic N) is 2. The van der Waals surface area contributed by atoms with Crippen LogP contribution in [0.5, 0.6) is 0 Å². The van der Waals surface area contributed by atoms with E-state index in [0.29, 0.717) is 6.54 Å². The summed E-state index contributed by atoms with van der Waals surface area (Å²) in [5.74, 6) is 5.97.